The number of β-amino-alcohol motifs (C(OH)–C–C–N with tert-alkyl or cyclic N) is 1. The van der Waals surface area contributed by atoms with Gasteiger partial charge in [0.1, 0.15) is 24.3 Å². The Labute approximate surface area is 146 Å². The number of halogens is 1. The quantitative estimate of drug-likeness (QED) is 0.830. The number of carbonyl (C=O) groups excluding carboxylic acids is 2. The van der Waals surface area contributed by atoms with Gasteiger partial charge in [0.05, 0.1) is 6.54 Å². The fraction of sp³-hybridized carbons (Fsp3) is 0.579. The van der Waals surface area contributed by atoms with Crippen LogP contribution in [0.2, 0.25) is 0 Å². The summed E-state index contributed by atoms with van der Waals surface area (Å²) in [6.45, 7) is -0.122. The number of rotatable bonds is 5. The van der Waals surface area contributed by atoms with Crippen LogP contribution in [-0.4, -0.2) is 41.1 Å². The standard InChI is InChI=1S/C19H24FNO4/c20-14-4-6-16(7-5-14)25-13-15(22)12-21-17(23)10-19(11-18(21)24)8-2-1-3-9-19/h4-7,15,22H,1-3,8-13H2. The average molecular weight is 349 g/mol. The SMILES string of the molecule is O=C1CC2(CCCCC2)CC(=O)N1CC(O)COc1ccc(F)cc1. The molecule has 1 unspecified atom stereocenters. The first-order valence-corrected chi connectivity index (χ1v) is 8.87. The molecule has 5 nitrogen and oxygen atoms in total. The smallest absolute Gasteiger partial charge is 0.229 e. The Balaban J connectivity index is 1.52. The van der Waals surface area contributed by atoms with Crippen molar-refractivity contribution in [3.8, 4) is 5.75 Å². The molecule has 1 heterocycles. The second kappa shape index (κ2) is 7.52. The van der Waals surface area contributed by atoms with Crippen molar-refractivity contribution in [2.45, 2.75) is 51.0 Å². The zero-order valence-electron chi connectivity index (χ0n) is 14.2. The molecule has 1 aliphatic heterocycles. The molecular formula is C19H24FNO4. The summed E-state index contributed by atoms with van der Waals surface area (Å²) in [5.74, 6) is -0.329. The molecule has 25 heavy (non-hydrogen) atoms. The Morgan fingerprint density at radius 3 is 2.28 bits per heavy atom. The van der Waals surface area contributed by atoms with E-state index in [1.807, 2.05) is 0 Å². The van der Waals surface area contributed by atoms with E-state index in [0.717, 1.165) is 25.7 Å². The summed E-state index contributed by atoms with van der Waals surface area (Å²) in [7, 11) is 0. The van der Waals surface area contributed by atoms with Crippen LogP contribution in [0.25, 0.3) is 0 Å². The van der Waals surface area contributed by atoms with Gasteiger partial charge in [0.15, 0.2) is 0 Å². The van der Waals surface area contributed by atoms with Gasteiger partial charge in [-0.3, -0.25) is 14.5 Å². The molecule has 0 radical (unpaired) electrons. The van der Waals surface area contributed by atoms with Crippen molar-refractivity contribution < 1.29 is 23.8 Å². The van der Waals surface area contributed by atoms with Crippen LogP contribution in [0.5, 0.6) is 5.75 Å². The van der Waals surface area contributed by atoms with Gasteiger partial charge in [-0.1, -0.05) is 19.3 Å². The second-order valence-electron chi connectivity index (χ2n) is 7.23. The highest BCUT2D eigenvalue weighted by Gasteiger charge is 2.44. The maximum Gasteiger partial charge on any atom is 0.229 e. The predicted octanol–water partition coefficient (Wildman–Crippen LogP) is 2.66. The molecule has 1 aromatic rings. The molecule has 2 amide bonds. The predicted molar refractivity (Wildman–Crippen MR) is 89.4 cm³/mol. The number of ether oxygens (including phenoxy) is 1. The van der Waals surface area contributed by atoms with Gasteiger partial charge < -0.3 is 9.84 Å². The number of aliphatic hydroxyl groups excluding tert-OH is 1. The Morgan fingerprint density at radius 2 is 1.68 bits per heavy atom. The van der Waals surface area contributed by atoms with Crippen LogP contribution in [0.3, 0.4) is 0 Å². The van der Waals surface area contributed by atoms with Gasteiger partial charge in [-0.05, 0) is 42.5 Å². The number of nitrogens with zero attached hydrogens (tertiary/aromatic N) is 1. The van der Waals surface area contributed by atoms with Crippen molar-refractivity contribution in [3.63, 3.8) is 0 Å². The van der Waals surface area contributed by atoms with E-state index in [1.165, 1.54) is 35.6 Å². The van der Waals surface area contributed by atoms with Crippen molar-refractivity contribution in [3.05, 3.63) is 30.1 Å². The fourth-order valence-electron chi connectivity index (χ4n) is 3.88. The number of imide groups is 1. The van der Waals surface area contributed by atoms with E-state index in [0.29, 0.717) is 18.6 Å². The molecule has 6 heteroatoms. The van der Waals surface area contributed by atoms with Crippen molar-refractivity contribution in [2.75, 3.05) is 13.2 Å². The largest absolute Gasteiger partial charge is 0.491 e. The maximum absolute atomic E-state index is 12.8. The molecule has 2 aliphatic rings. The number of aliphatic hydroxyl groups is 1. The van der Waals surface area contributed by atoms with Crippen LogP contribution >= 0.6 is 0 Å². The van der Waals surface area contributed by atoms with Crippen LogP contribution in [0.4, 0.5) is 4.39 Å². The highest BCUT2D eigenvalue weighted by molar-refractivity contribution is 5.98. The summed E-state index contributed by atoms with van der Waals surface area (Å²) in [5, 5.41) is 10.1. The molecule has 3 rings (SSSR count). The van der Waals surface area contributed by atoms with E-state index in [9.17, 15) is 19.1 Å². The topological polar surface area (TPSA) is 66.8 Å². The van der Waals surface area contributed by atoms with Crippen LogP contribution < -0.4 is 4.74 Å². The zero-order chi connectivity index (χ0) is 17.9. The third kappa shape index (κ3) is 4.37. The lowest BCUT2D eigenvalue weighted by Gasteiger charge is -2.42. The van der Waals surface area contributed by atoms with Crippen LogP contribution in [0, 0.1) is 11.2 Å². The van der Waals surface area contributed by atoms with Crippen molar-refractivity contribution >= 4 is 11.8 Å². The average Bonchev–Trinajstić information content (AvgIpc) is 2.58. The van der Waals surface area contributed by atoms with E-state index >= 15 is 0 Å². The van der Waals surface area contributed by atoms with Gasteiger partial charge in [0, 0.05) is 12.8 Å². The van der Waals surface area contributed by atoms with E-state index in [-0.39, 0.29) is 36.2 Å². The monoisotopic (exact) mass is 349 g/mol. The lowest BCUT2D eigenvalue weighted by Crippen LogP contribution is -2.51. The third-order valence-electron chi connectivity index (χ3n) is 5.22. The molecule has 1 atom stereocenters. The highest BCUT2D eigenvalue weighted by atomic mass is 19.1. The fourth-order valence-corrected chi connectivity index (χ4v) is 3.88. The van der Waals surface area contributed by atoms with Crippen molar-refractivity contribution in [2.24, 2.45) is 5.41 Å². The molecule has 1 saturated carbocycles. The summed E-state index contributed by atoms with van der Waals surface area (Å²) in [5.41, 5.74) is -0.154. The van der Waals surface area contributed by atoms with Gasteiger partial charge in [-0.15, -0.1) is 0 Å². The summed E-state index contributed by atoms with van der Waals surface area (Å²) in [6.07, 6.45) is 5.02. The molecule has 1 aromatic carbocycles. The van der Waals surface area contributed by atoms with Gasteiger partial charge in [0.2, 0.25) is 11.8 Å². The number of carbonyl (C=O) groups is 2. The lowest BCUT2D eigenvalue weighted by atomic mass is 9.67. The molecule has 1 spiro atoms. The summed E-state index contributed by atoms with van der Waals surface area (Å²) in [4.78, 5) is 26.0. The number of hydrogen-bond acceptors (Lipinski definition) is 4. The van der Waals surface area contributed by atoms with Gasteiger partial charge >= 0.3 is 0 Å². The summed E-state index contributed by atoms with van der Waals surface area (Å²) >= 11 is 0. The highest BCUT2D eigenvalue weighted by Crippen LogP contribution is 2.45. The molecular weight excluding hydrogens is 325 g/mol. The van der Waals surface area contributed by atoms with E-state index in [4.69, 9.17) is 4.74 Å². The minimum Gasteiger partial charge on any atom is -0.491 e. The molecule has 0 aromatic heterocycles. The van der Waals surface area contributed by atoms with Gasteiger partial charge in [0.25, 0.3) is 0 Å². The second-order valence-corrected chi connectivity index (χ2v) is 7.23. The summed E-state index contributed by atoms with van der Waals surface area (Å²) < 4.78 is 18.2. The van der Waals surface area contributed by atoms with Crippen LogP contribution in [0.1, 0.15) is 44.9 Å². The summed E-state index contributed by atoms with van der Waals surface area (Å²) in [6, 6.07) is 5.46. The zero-order valence-corrected chi connectivity index (χ0v) is 14.2. The number of hydrogen-bond donors (Lipinski definition) is 1. The molecule has 1 saturated heterocycles. The molecule has 1 aliphatic carbocycles. The number of amides is 2. The normalized spacial score (nSPS) is 21.4. The molecule has 2 fully saturated rings. The van der Waals surface area contributed by atoms with Crippen molar-refractivity contribution in [1.29, 1.82) is 0 Å². The Hall–Kier alpha value is -1.95. The molecule has 1 N–H and O–H groups in total. The first kappa shape index (κ1) is 17.9. The first-order valence-electron chi connectivity index (χ1n) is 8.87. The Kier molecular flexibility index (Phi) is 5.37. The third-order valence-corrected chi connectivity index (χ3v) is 5.22. The minimum atomic E-state index is -0.974. The minimum absolute atomic E-state index is 0.0606. The Morgan fingerprint density at radius 1 is 1.08 bits per heavy atom. The van der Waals surface area contributed by atoms with E-state index in [1.54, 1.807) is 0 Å². The molecule has 136 valence electrons. The van der Waals surface area contributed by atoms with Gasteiger partial charge in [-0.2, -0.15) is 0 Å². The molecule has 0 bridgehead atoms. The van der Waals surface area contributed by atoms with Crippen LogP contribution in [-0.2, 0) is 9.59 Å². The first-order chi connectivity index (χ1) is 12.0. The number of piperidine rings is 1. The van der Waals surface area contributed by atoms with E-state index in [2.05, 4.69) is 0 Å². The number of benzene rings is 1. The Bertz CT molecular complexity index is 605. The number of likely N-dealkylation sites (tertiary alicyclic amines) is 1. The van der Waals surface area contributed by atoms with E-state index < -0.39 is 6.10 Å². The van der Waals surface area contributed by atoms with Crippen molar-refractivity contribution in [1.82, 2.24) is 4.90 Å². The van der Waals surface area contributed by atoms with Crippen LogP contribution in [0.15, 0.2) is 24.3 Å². The lowest BCUT2D eigenvalue weighted by molar-refractivity contribution is -0.156. The van der Waals surface area contributed by atoms with Gasteiger partial charge in [-0.25, -0.2) is 4.39 Å². The maximum atomic E-state index is 12.8.